The summed E-state index contributed by atoms with van der Waals surface area (Å²) in [5.41, 5.74) is -0.318. The van der Waals surface area contributed by atoms with Crippen LogP contribution in [-0.4, -0.2) is 24.0 Å². The molecule has 1 fully saturated rings. The van der Waals surface area contributed by atoms with Crippen LogP contribution in [0.25, 0.3) is 0 Å². The number of ether oxygens (including phenoxy) is 1. The van der Waals surface area contributed by atoms with E-state index >= 15 is 0 Å². The van der Waals surface area contributed by atoms with Crippen molar-refractivity contribution >= 4 is 23.5 Å². The molecule has 132 valence electrons. The third-order valence-electron chi connectivity index (χ3n) is 4.32. The van der Waals surface area contributed by atoms with Crippen molar-refractivity contribution in [1.29, 1.82) is 0 Å². The molecule has 0 heterocycles. The van der Waals surface area contributed by atoms with Crippen LogP contribution < -0.4 is 5.32 Å². The van der Waals surface area contributed by atoms with Gasteiger partial charge >= 0.3 is 5.97 Å². The molecule has 0 spiro atoms. The number of carbonyl (C=O) groups is 2. The minimum Gasteiger partial charge on any atom is -0.449 e. The number of benzene rings is 1. The fourth-order valence-corrected chi connectivity index (χ4v) is 3.01. The van der Waals surface area contributed by atoms with E-state index in [1.807, 2.05) is 0 Å². The molecule has 4 nitrogen and oxygen atoms in total. The molecule has 1 aliphatic carbocycles. The monoisotopic (exact) mass is 359 g/mol. The van der Waals surface area contributed by atoms with Crippen molar-refractivity contribution in [1.82, 2.24) is 5.32 Å². The fraction of sp³-hybridized carbons (Fsp3) is 0.529. The Morgan fingerprint density at radius 1 is 1.25 bits per heavy atom. The summed E-state index contributed by atoms with van der Waals surface area (Å²) in [5.74, 6) is -3.39. The molecule has 0 saturated heterocycles. The summed E-state index contributed by atoms with van der Waals surface area (Å²) < 4.78 is 31.3. The van der Waals surface area contributed by atoms with Crippen molar-refractivity contribution in [2.45, 2.75) is 51.7 Å². The molecule has 3 atom stereocenters. The molecule has 24 heavy (non-hydrogen) atoms. The van der Waals surface area contributed by atoms with Gasteiger partial charge in [-0.15, -0.1) is 0 Å². The Balaban J connectivity index is 1.98. The molecule has 0 unspecified atom stereocenters. The maximum absolute atomic E-state index is 13.2. The molecule has 7 heteroatoms. The van der Waals surface area contributed by atoms with E-state index in [2.05, 4.69) is 12.2 Å². The summed E-state index contributed by atoms with van der Waals surface area (Å²) in [6, 6.07) is 1.41. The predicted molar refractivity (Wildman–Crippen MR) is 85.8 cm³/mol. The lowest BCUT2D eigenvalue weighted by Gasteiger charge is -2.30. The predicted octanol–water partition coefficient (Wildman–Crippen LogP) is 3.86. The van der Waals surface area contributed by atoms with E-state index in [-0.39, 0.29) is 16.6 Å². The van der Waals surface area contributed by atoms with Crippen LogP contribution in [0.4, 0.5) is 8.78 Å². The number of esters is 1. The van der Waals surface area contributed by atoms with Gasteiger partial charge in [-0.05, 0) is 37.8 Å². The van der Waals surface area contributed by atoms with E-state index in [1.165, 1.54) is 6.92 Å². The lowest BCUT2D eigenvalue weighted by molar-refractivity contribution is -0.130. The maximum atomic E-state index is 13.2. The highest BCUT2D eigenvalue weighted by Crippen LogP contribution is 2.24. The van der Waals surface area contributed by atoms with Gasteiger partial charge in [-0.25, -0.2) is 13.6 Å². The molecule has 0 bridgehead atoms. The first-order chi connectivity index (χ1) is 11.3. The Hall–Kier alpha value is -1.69. The minimum absolute atomic E-state index is 0.0549. The van der Waals surface area contributed by atoms with E-state index in [4.69, 9.17) is 16.3 Å². The number of amides is 1. The van der Waals surface area contributed by atoms with E-state index in [9.17, 15) is 18.4 Å². The zero-order valence-electron chi connectivity index (χ0n) is 13.6. The van der Waals surface area contributed by atoms with Gasteiger partial charge in [0.1, 0.15) is 0 Å². The van der Waals surface area contributed by atoms with Crippen LogP contribution in [0.3, 0.4) is 0 Å². The lowest BCUT2D eigenvalue weighted by Crippen LogP contribution is -2.46. The van der Waals surface area contributed by atoms with Crippen molar-refractivity contribution in [3.8, 4) is 0 Å². The highest BCUT2D eigenvalue weighted by molar-refractivity contribution is 6.33. The largest absolute Gasteiger partial charge is 0.449 e. The number of hydrogen-bond acceptors (Lipinski definition) is 3. The summed E-state index contributed by atoms with van der Waals surface area (Å²) in [6.07, 6.45) is 3.07. The van der Waals surface area contributed by atoms with Gasteiger partial charge in [-0.3, -0.25) is 4.79 Å². The van der Waals surface area contributed by atoms with Crippen molar-refractivity contribution < 1.29 is 23.1 Å². The second-order valence-corrected chi connectivity index (χ2v) is 6.58. The van der Waals surface area contributed by atoms with Gasteiger partial charge in [0, 0.05) is 6.04 Å². The van der Waals surface area contributed by atoms with Gasteiger partial charge in [0.15, 0.2) is 17.7 Å². The molecule has 0 aliphatic heterocycles. The number of carbonyl (C=O) groups excluding carboxylic acids is 2. The van der Waals surface area contributed by atoms with Crippen LogP contribution in [0, 0.1) is 17.6 Å². The van der Waals surface area contributed by atoms with Gasteiger partial charge < -0.3 is 10.1 Å². The lowest BCUT2D eigenvalue weighted by atomic mass is 9.86. The first kappa shape index (κ1) is 18.6. The number of nitrogens with one attached hydrogen (secondary N) is 1. The Morgan fingerprint density at radius 3 is 2.54 bits per heavy atom. The van der Waals surface area contributed by atoms with Crippen LogP contribution in [0.2, 0.25) is 5.02 Å². The second-order valence-electron chi connectivity index (χ2n) is 6.17. The SMILES string of the molecule is C[C@@H](OC(=O)c1cc(F)c(F)cc1Cl)C(=O)N[C@@H]1CCCC[C@@H]1C. The van der Waals surface area contributed by atoms with Crippen molar-refractivity contribution in [2.75, 3.05) is 0 Å². The normalized spacial score (nSPS) is 21.9. The quantitative estimate of drug-likeness (QED) is 0.656. The van der Waals surface area contributed by atoms with Crippen molar-refractivity contribution in [3.05, 3.63) is 34.4 Å². The van der Waals surface area contributed by atoms with E-state index in [1.54, 1.807) is 0 Å². The summed E-state index contributed by atoms with van der Waals surface area (Å²) in [6.45, 7) is 3.50. The maximum Gasteiger partial charge on any atom is 0.340 e. The standard InChI is InChI=1S/C17H20ClF2NO3/c1-9-5-3-4-6-15(9)21-16(22)10(2)24-17(23)11-7-13(19)14(20)8-12(11)18/h7-10,15H,3-6H2,1-2H3,(H,21,22)/t9-,10+,15+/m0/s1. The average molecular weight is 360 g/mol. The molecule has 1 amide bonds. The molecule has 1 saturated carbocycles. The Labute approximate surface area is 144 Å². The summed E-state index contributed by atoms with van der Waals surface area (Å²) in [7, 11) is 0. The van der Waals surface area contributed by atoms with Gasteiger partial charge in [-0.1, -0.05) is 31.4 Å². The first-order valence-corrected chi connectivity index (χ1v) is 8.33. The third-order valence-corrected chi connectivity index (χ3v) is 4.63. The van der Waals surface area contributed by atoms with Crippen molar-refractivity contribution in [3.63, 3.8) is 0 Å². The second kappa shape index (κ2) is 7.92. The number of rotatable bonds is 4. The first-order valence-electron chi connectivity index (χ1n) is 7.95. The van der Waals surface area contributed by atoms with Crippen molar-refractivity contribution in [2.24, 2.45) is 5.92 Å². The van der Waals surface area contributed by atoms with Gasteiger partial charge in [0.2, 0.25) is 0 Å². The molecule has 1 aliphatic rings. The third kappa shape index (κ3) is 4.44. The molecule has 0 radical (unpaired) electrons. The summed E-state index contributed by atoms with van der Waals surface area (Å²) in [4.78, 5) is 24.2. The average Bonchev–Trinajstić information content (AvgIpc) is 2.52. The molecular weight excluding hydrogens is 340 g/mol. The van der Waals surface area contributed by atoms with Crippen LogP contribution in [-0.2, 0) is 9.53 Å². The van der Waals surface area contributed by atoms with Gasteiger partial charge in [0.05, 0.1) is 10.6 Å². The van der Waals surface area contributed by atoms with E-state index in [0.717, 1.165) is 25.7 Å². The van der Waals surface area contributed by atoms with E-state index < -0.39 is 29.6 Å². The number of halogens is 3. The minimum atomic E-state index is -1.21. The van der Waals surface area contributed by atoms with Crippen LogP contribution in [0.1, 0.15) is 49.9 Å². The van der Waals surface area contributed by atoms with E-state index in [0.29, 0.717) is 18.1 Å². The van der Waals surface area contributed by atoms with Crippen LogP contribution >= 0.6 is 11.6 Å². The zero-order valence-corrected chi connectivity index (χ0v) is 14.3. The Morgan fingerprint density at radius 2 is 1.88 bits per heavy atom. The summed E-state index contributed by atoms with van der Waals surface area (Å²) in [5, 5.41) is 2.61. The van der Waals surface area contributed by atoms with Gasteiger partial charge in [-0.2, -0.15) is 0 Å². The molecule has 1 aromatic carbocycles. The Kier molecular flexibility index (Phi) is 6.15. The molecule has 1 N–H and O–H groups in total. The Bertz CT molecular complexity index is 639. The van der Waals surface area contributed by atoms with Crippen LogP contribution in [0.15, 0.2) is 12.1 Å². The molecule has 0 aromatic heterocycles. The topological polar surface area (TPSA) is 55.4 Å². The fourth-order valence-electron chi connectivity index (χ4n) is 2.79. The zero-order chi connectivity index (χ0) is 17.9. The smallest absolute Gasteiger partial charge is 0.340 e. The van der Waals surface area contributed by atoms with Gasteiger partial charge in [0.25, 0.3) is 5.91 Å². The molecule has 2 rings (SSSR count). The molecular formula is C17H20ClF2NO3. The highest BCUT2D eigenvalue weighted by atomic mass is 35.5. The number of hydrogen-bond donors (Lipinski definition) is 1. The molecule has 1 aromatic rings. The summed E-state index contributed by atoms with van der Waals surface area (Å²) >= 11 is 5.73. The van der Waals surface area contributed by atoms with Crippen LogP contribution in [0.5, 0.6) is 0 Å². The highest BCUT2D eigenvalue weighted by Gasteiger charge is 2.27.